The van der Waals surface area contributed by atoms with E-state index in [4.69, 9.17) is 10.5 Å². The molecule has 0 atom stereocenters. The summed E-state index contributed by atoms with van der Waals surface area (Å²) in [5, 5.41) is 5.54. The quantitative estimate of drug-likeness (QED) is 0.666. The van der Waals surface area contributed by atoms with Crippen LogP contribution in [0.5, 0.6) is 5.75 Å². The van der Waals surface area contributed by atoms with Crippen molar-refractivity contribution in [2.24, 2.45) is 5.92 Å². The van der Waals surface area contributed by atoms with Crippen LogP contribution >= 0.6 is 0 Å². The number of amides is 2. The average molecular weight is 307 g/mol. The molecule has 0 aliphatic heterocycles. The van der Waals surface area contributed by atoms with Crippen molar-refractivity contribution >= 4 is 17.5 Å². The van der Waals surface area contributed by atoms with Crippen LogP contribution in [0.15, 0.2) is 18.2 Å². The first kappa shape index (κ1) is 17.8. The lowest BCUT2D eigenvalue weighted by molar-refractivity contribution is -0.123. The normalized spacial score (nSPS) is 10.6. The van der Waals surface area contributed by atoms with Gasteiger partial charge in [-0.05, 0) is 38.0 Å². The van der Waals surface area contributed by atoms with Gasteiger partial charge in [-0.2, -0.15) is 0 Å². The zero-order valence-corrected chi connectivity index (χ0v) is 13.6. The van der Waals surface area contributed by atoms with Crippen molar-refractivity contribution in [2.45, 2.75) is 33.7 Å². The van der Waals surface area contributed by atoms with E-state index in [1.165, 1.54) is 0 Å². The monoisotopic (exact) mass is 307 g/mol. The zero-order chi connectivity index (χ0) is 16.7. The molecule has 1 rings (SSSR count). The molecule has 2 amide bonds. The van der Waals surface area contributed by atoms with E-state index in [0.717, 1.165) is 0 Å². The van der Waals surface area contributed by atoms with Gasteiger partial charge in [-0.15, -0.1) is 0 Å². The van der Waals surface area contributed by atoms with E-state index in [2.05, 4.69) is 10.6 Å². The molecule has 0 aliphatic carbocycles. The molecule has 1 aromatic carbocycles. The van der Waals surface area contributed by atoms with E-state index in [0.29, 0.717) is 29.5 Å². The number of carbonyl (C=O) groups excluding carboxylic acids is 2. The van der Waals surface area contributed by atoms with E-state index in [1.54, 1.807) is 18.2 Å². The Balaban J connectivity index is 2.59. The first-order chi connectivity index (χ1) is 10.3. The summed E-state index contributed by atoms with van der Waals surface area (Å²) in [4.78, 5) is 23.4. The van der Waals surface area contributed by atoms with E-state index in [-0.39, 0.29) is 24.5 Å². The van der Waals surface area contributed by atoms with Crippen LogP contribution in [-0.4, -0.2) is 31.0 Å². The number of nitrogens with two attached hydrogens (primary N) is 1. The summed E-state index contributed by atoms with van der Waals surface area (Å²) >= 11 is 0. The van der Waals surface area contributed by atoms with Crippen LogP contribution in [0.25, 0.3) is 0 Å². The maximum absolute atomic E-state index is 11.9. The third-order valence-corrected chi connectivity index (χ3v) is 2.76. The van der Waals surface area contributed by atoms with Gasteiger partial charge in [0.1, 0.15) is 5.75 Å². The van der Waals surface area contributed by atoms with Crippen LogP contribution in [-0.2, 0) is 4.79 Å². The number of rotatable bonds is 7. The maximum atomic E-state index is 11.9. The van der Waals surface area contributed by atoms with Crippen molar-refractivity contribution in [3.8, 4) is 5.75 Å². The van der Waals surface area contributed by atoms with Crippen LogP contribution in [0.4, 0.5) is 5.69 Å². The topological polar surface area (TPSA) is 93.4 Å². The van der Waals surface area contributed by atoms with Crippen molar-refractivity contribution < 1.29 is 14.3 Å². The number of carbonyl (C=O) groups is 2. The second-order valence-electron chi connectivity index (χ2n) is 5.87. The number of benzene rings is 1. The molecule has 0 saturated carbocycles. The molecule has 22 heavy (non-hydrogen) atoms. The highest BCUT2D eigenvalue weighted by molar-refractivity contribution is 5.95. The summed E-state index contributed by atoms with van der Waals surface area (Å²) in [6.07, 6.45) is 0. The molecule has 1 aromatic rings. The number of ether oxygens (including phenoxy) is 1. The van der Waals surface area contributed by atoms with Gasteiger partial charge in [-0.3, -0.25) is 9.59 Å². The van der Waals surface area contributed by atoms with Crippen LogP contribution < -0.4 is 21.1 Å². The Bertz CT molecular complexity index is 527. The fourth-order valence-corrected chi connectivity index (χ4v) is 1.68. The molecule has 0 unspecified atom stereocenters. The van der Waals surface area contributed by atoms with Crippen molar-refractivity contribution in [1.29, 1.82) is 0 Å². The van der Waals surface area contributed by atoms with Crippen molar-refractivity contribution in [2.75, 3.05) is 18.9 Å². The molecule has 0 bridgehead atoms. The largest absolute Gasteiger partial charge is 0.482 e. The molecule has 0 spiro atoms. The lowest BCUT2D eigenvalue weighted by atomic mass is 10.1. The van der Waals surface area contributed by atoms with Gasteiger partial charge in [0.05, 0.1) is 5.69 Å². The third kappa shape index (κ3) is 6.03. The van der Waals surface area contributed by atoms with Crippen LogP contribution in [0.1, 0.15) is 38.1 Å². The highest BCUT2D eigenvalue weighted by Gasteiger charge is 2.11. The lowest BCUT2D eigenvalue weighted by Gasteiger charge is -2.12. The highest BCUT2D eigenvalue weighted by atomic mass is 16.5. The van der Waals surface area contributed by atoms with E-state index >= 15 is 0 Å². The Morgan fingerprint density at radius 1 is 1.23 bits per heavy atom. The summed E-state index contributed by atoms with van der Waals surface area (Å²) in [7, 11) is 0. The number of hydrogen-bond acceptors (Lipinski definition) is 4. The molecule has 0 radical (unpaired) electrons. The van der Waals surface area contributed by atoms with Gasteiger partial charge in [0.2, 0.25) is 0 Å². The minimum atomic E-state index is -0.199. The standard InChI is InChI=1S/C16H25N3O3/c1-10(2)8-18-15(20)9-22-14-6-5-12(7-13(14)17)16(21)19-11(3)4/h5-7,10-11H,8-9,17H2,1-4H3,(H,18,20)(H,19,21). The summed E-state index contributed by atoms with van der Waals surface area (Å²) in [5.74, 6) is 0.381. The summed E-state index contributed by atoms with van der Waals surface area (Å²) in [5.41, 5.74) is 6.65. The molecule has 0 saturated heterocycles. The van der Waals surface area contributed by atoms with Crippen molar-refractivity contribution in [1.82, 2.24) is 10.6 Å². The van der Waals surface area contributed by atoms with E-state index in [1.807, 2.05) is 27.7 Å². The first-order valence-corrected chi connectivity index (χ1v) is 7.39. The first-order valence-electron chi connectivity index (χ1n) is 7.39. The fraction of sp³-hybridized carbons (Fsp3) is 0.500. The second-order valence-corrected chi connectivity index (χ2v) is 5.87. The minimum Gasteiger partial charge on any atom is -0.482 e. The van der Waals surface area contributed by atoms with Crippen LogP contribution in [0.2, 0.25) is 0 Å². The molecule has 0 heterocycles. The van der Waals surface area contributed by atoms with Gasteiger partial charge in [-0.25, -0.2) is 0 Å². The molecule has 6 nitrogen and oxygen atoms in total. The second kappa shape index (κ2) is 8.26. The molecular weight excluding hydrogens is 282 g/mol. The molecule has 0 aliphatic rings. The lowest BCUT2D eigenvalue weighted by Crippen LogP contribution is -2.32. The number of hydrogen-bond donors (Lipinski definition) is 3. The van der Waals surface area contributed by atoms with Crippen molar-refractivity contribution in [3.05, 3.63) is 23.8 Å². The summed E-state index contributed by atoms with van der Waals surface area (Å²) < 4.78 is 5.38. The van der Waals surface area contributed by atoms with Gasteiger partial charge < -0.3 is 21.1 Å². The Morgan fingerprint density at radius 3 is 2.45 bits per heavy atom. The maximum Gasteiger partial charge on any atom is 0.257 e. The summed E-state index contributed by atoms with van der Waals surface area (Å²) in [6, 6.07) is 4.81. The highest BCUT2D eigenvalue weighted by Crippen LogP contribution is 2.22. The Morgan fingerprint density at radius 2 is 1.91 bits per heavy atom. The number of nitrogens with one attached hydrogen (secondary N) is 2. The number of anilines is 1. The average Bonchev–Trinajstić information content (AvgIpc) is 2.42. The fourth-order valence-electron chi connectivity index (χ4n) is 1.68. The minimum absolute atomic E-state index is 0.0503. The molecule has 0 aromatic heterocycles. The van der Waals surface area contributed by atoms with Gasteiger partial charge in [0, 0.05) is 18.2 Å². The molecular formula is C16H25N3O3. The smallest absolute Gasteiger partial charge is 0.257 e. The van der Waals surface area contributed by atoms with Gasteiger partial charge in [0.25, 0.3) is 11.8 Å². The zero-order valence-electron chi connectivity index (χ0n) is 13.6. The third-order valence-electron chi connectivity index (χ3n) is 2.76. The Hall–Kier alpha value is -2.24. The Kier molecular flexibility index (Phi) is 6.69. The predicted molar refractivity (Wildman–Crippen MR) is 86.8 cm³/mol. The van der Waals surface area contributed by atoms with E-state index in [9.17, 15) is 9.59 Å². The Labute approximate surface area is 131 Å². The summed E-state index contributed by atoms with van der Waals surface area (Å²) in [6.45, 7) is 8.30. The predicted octanol–water partition coefficient (Wildman–Crippen LogP) is 1.56. The molecule has 6 heteroatoms. The molecule has 122 valence electrons. The van der Waals surface area contributed by atoms with E-state index < -0.39 is 0 Å². The van der Waals surface area contributed by atoms with Gasteiger partial charge in [-0.1, -0.05) is 13.8 Å². The van der Waals surface area contributed by atoms with Gasteiger partial charge >= 0.3 is 0 Å². The van der Waals surface area contributed by atoms with Crippen molar-refractivity contribution in [3.63, 3.8) is 0 Å². The SMILES string of the molecule is CC(C)CNC(=O)COc1ccc(C(=O)NC(C)C)cc1N. The molecule has 4 N–H and O–H groups in total. The van der Waals surface area contributed by atoms with Crippen LogP contribution in [0, 0.1) is 5.92 Å². The van der Waals surface area contributed by atoms with Gasteiger partial charge in [0.15, 0.2) is 6.61 Å². The number of nitrogen functional groups attached to an aromatic ring is 1. The molecule has 0 fully saturated rings. The van der Waals surface area contributed by atoms with Crippen LogP contribution in [0.3, 0.4) is 0 Å².